The third kappa shape index (κ3) is 2.99. The van der Waals surface area contributed by atoms with E-state index in [9.17, 15) is 15.2 Å². The van der Waals surface area contributed by atoms with Crippen LogP contribution in [0.4, 0.5) is 11.4 Å². The smallest absolute Gasteiger partial charge is 0.291 e. The van der Waals surface area contributed by atoms with Crippen LogP contribution >= 0.6 is 0 Å². The van der Waals surface area contributed by atoms with E-state index in [-0.39, 0.29) is 11.7 Å². The second kappa shape index (κ2) is 6.34. The molecule has 0 spiro atoms. The lowest BCUT2D eigenvalue weighted by molar-refractivity contribution is -0.349. The number of fused-ring (bicyclic) bond motifs is 1. The van der Waals surface area contributed by atoms with Gasteiger partial charge in [0, 0.05) is 23.4 Å². The van der Waals surface area contributed by atoms with Gasteiger partial charge in [0.25, 0.3) is 5.91 Å². The Bertz CT molecular complexity index is 1140. The second-order valence-corrected chi connectivity index (χ2v) is 5.81. The summed E-state index contributed by atoms with van der Waals surface area (Å²) in [6.07, 6.45) is 1.43. The third-order valence-corrected chi connectivity index (χ3v) is 4.05. The van der Waals surface area contributed by atoms with Crippen LogP contribution in [0.2, 0.25) is 0 Å². The number of carbonyl (C=O) groups is 1. The van der Waals surface area contributed by atoms with Crippen LogP contribution in [0.3, 0.4) is 0 Å². The van der Waals surface area contributed by atoms with E-state index in [1.165, 1.54) is 12.3 Å². The highest BCUT2D eigenvalue weighted by Gasteiger charge is 2.15. The molecule has 0 radical (unpaired) electrons. The minimum absolute atomic E-state index is 0.213. The number of aromatic nitrogens is 2. The summed E-state index contributed by atoms with van der Waals surface area (Å²) in [5, 5.41) is 24.5. The van der Waals surface area contributed by atoms with Crippen molar-refractivity contribution in [1.29, 1.82) is 0 Å². The summed E-state index contributed by atoms with van der Waals surface area (Å²) in [7, 11) is 0. The Labute approximate surface area is 153 Å². The van der Waals surface area contributed by atoms with Crippen LogP contribution in [0, 0.1) is 5.21 Å². The highest BCUT2D eigenvalue weighted by Crippen LogP contribution is 2.27. The molecule has 4 rings (SSSR count). The first-order valence-corrected chi connectivity index (χ1v) is 7.98. The van der Waals surface area contributed by atoms with Crippen LogP contribution in [-0.4, -0.2) is 32.3 Å². The van der Waals surface area contributed by atoms with Crippen LogP contribution in [0.1, 0.15) is 10.6 Å². The number of imidazole rings is 1. The van der Waals surface area contributed by atoms with Gasteiger partial charge in [-0.2, -0.15) is 9.47 Å². The molecule has 0 unspecified atom stereocenters. The number of rotatable bonds is 4. The molecule has 134 valence electrons. The Morgan fingerprint density at radius 1 is 1.22 bits per heavy atom. The molecule has 2 N–H and O–H groups in total. The maximum atomic E-state index is 12.0. The zero-order valence-corrected chi connectivity index (χ0v) is 14.0. The van der Waals surface area contributed by atoms with Crippen molar-refractivity contribution in [2.75, 3.05) is 5.32 Å². The highest BCUT2D eigenvalue weighted by atomic mass is 16.5. The average Bonchev–Trinajstić information content (AvgIpc) is 3.31. The highest BCUT2D eigenvalue weighted by molar-refractivity contribution is 6.02. The minimum Gasteiger partial charge on any atom is -0.619 e. The molecule has 0 aliphatic carbocycles. The molecule has 8 nitrogen and oxygen atoms in total. The molecule has 2 aromatic carbocycles. The van der Waals surface area contributed by atoms with Crippen LogP contribution in [-0.2, 0) is 0 Å². The van der Waals surface area contributed by atoms with Crippen LogP contribution in [0.15, 0.2) is 65.3 Å². The first-order chi connectivity index (χ1) is 13.0. The number of hydrogen-bond acceptors (Lipinski definition) is 5. The monoisotopic (exact) mass is 362 g/mol. The van der Waals surface area contributed by atoms with Gasteiger partial charge >= 0.3 is 0 Å². The van der Waals surface area contributed by atoms with E-state index in [1.807, 2.05) is 0 Å². The minimum atomic E-state index is -0.356. The molecule has 0 saturated heterocycles. The summed E-state index contributed by atoms with van der Waals surface area (Å²) in [5.41, 5.74) is 2.44. The quantitative estimate of drug-likeness (QED) is 0.190. The molecule has 2 aromatic heterocycles. The molecule has 4 aromatic rings. The van der Waals surface area contributed by atoms with E-state index < -0.39 is 0 Å². The SMILES string of the molecule is C=[N+]([O-])c1ccc2nc(-c3ccc(NC(=O)c4ccco4)cc3)n(O)c2c1. The van der Waals surface area contributed by atoms with Gasteiger partial charge in [-0.25, -0.2) is 4.98 Å². The largest absolute Gasteiger partial charge is 0.619 e. The lowest BCUT2D eigenvalue weighted by atomic mass is 10.2. The topological polar surface area (TPSA) is 106 Å². The van der Waals surface area contributed by atoms with Gasteiger partial charge in [0.2, 0.25) is 5.69 Å². The van der Waals surface area contributed by atoms with Gasteiger partial charge in [-0.15, -0.1) is 0 Å². The van der Waals surface area contributed by atoms with Crippen LogP contribution in [0.5, 0.6) is 0 Å². The van der Waals surface area contributed by atoms with Gasteiger partial charge in [0.05, 0.1) is 11.8 Å². The molecule has 0 aliphatic rings. The maximum Gasteiger partial charge on any atom is 0.291 e. The Morgan fingerprint density at radius 2 is 2.00 bits per heavy atom. The Hall–Kier alpha value is -4.07. The summed E-state index contributed by atoms with van der Waals surface area (Å²) < 4.78 is 6.42. The molecule has 2 heterocycles. The van der Waals surface area contributed by atoms with Gasteiger partial charge in [-0.1, -0.05) is 0 Å². The molecule has 0 atom stereocenters. The molecule has 0 aliphatic heterocycles. The van der Waals surface area contributed by atoms with Crippen molar-refractivity contribution in [3.05, 3.63) is 71.8 Å². The van der Waals surface area contributed by atoms with E-state index in [2.05, 4.69) is 17.0 Å². The predicted molar refractivity (Wildman–Crippen MR) is 99.4 cm³/mol. The zero-order valence-electron chi connectivity index (χ0n) is 14.0. The van der Waals surface area contributed by atoms with Crippen LogP contribution in [0.25, 0.3) is 22.4 Å². The van der Waals surface area contributed by atoms with Crippen molar-refractivity contribution in [3.8, 4) is 11.4 Å². The summed E-state index contributed by atoms with van der Waals surface area (Å²) in [5.74, 6) is 0.169. The molecular weight excluding hydrogens is 348 g/mol. The fourth-order valence-corrected chi connectivity index (χ4v) is 2.70. The number of furan rings is 1. The summed E-state index contributed by atoms with van der Waals surface area (Å²) in [6, 6.07) is 14.7. The number of amides is 1. The fraction of sp³-hybridized carbons (Fsp3) is 0. The first kappa shape index (κ1) is 16.4. The number of benzene rings is 2. The molecule has 0 fully saturated rings. The molecule has 8 heteroatoms. The maximum absolute atomic E-state index is 12.0. The fourth-order valence-electron chi connectivity index (χ4n) is 2.70. The Morgan fingerprint density at radius 3 is 2.67 bits per heavy atom. The lowest BCUT2D eigenvalue weighted by Gasteiger charge is -2.05. The zero-order chi connectivity index (χ0) is 19.0. The van der Waals surface area contributed by atoms with E-state index in [0.29, 0.717) is 38.5 Å². The first-order valence-electron chi connectivity index (χ1n) is 7.98. The summed E-state index contributed by atoms with van der Waals surface area (Å²) in [4.78, 5) is 16.4. The van der Waals surface area contributed by atoms with Gasteiger partial charge in [0.1, 0.15) is 12.2 Å². The second-order valence-electron chi connectivity index (χ2n) is 5.81. The number of carbonyl (C=O) groups excluding carboxylic acids is 1. The summed E-state index contributed by atoms with van der Waals surface area (Å²) >= 11 is 0. The number of nitrogens with zero attached hydrogens (tertiary/aromatic N) is 3. The number of nitrogens with one attached hydrogen (secondary N) is 1. The molecule has 27 heavy (non-hydrogen) atoms. The van der Waals surface area contributed by atoms with Crippen molar-refractivity contribution < 1.29 is 19.2 Å². The number of hydrogen-bond donors (Lipinski definition) is 2. The predicted octanol–water partition coefficient (Wildman–Crippen LogP) is 3.63. The molecule has 0 saturated carbocycles. The van der Waals surface area contributed by atoms with Gasteiger partial charge in [0.15, 0.2) is 11.6 Å². The standard InChI is InChI=1S/C19H14N4O4/c1-22(25)14-8-9-15-16(11-14)23(26)18(21-15)12-4-6-13(7-5-12)20-19(24)17-3-2-10-27-17/h2-11,26H,1H2,(H,20,24). The third-order valence-electron chi connectivity index (χ3n) is 4.05. The van der Waals surface area contributed by atoms with E-state index in [0.717, 1.165) is 4.73 Å². The van der Waals surface area contributed by atoms with Crippen LogP contribution < -0.4 is 5.32 Å². The molecule has 0 bridgehead atoms. The average molecular weight is 362 g/mol. The van der Waals surface area contributed by atoms with E-state index in [4.69, 9.17) is 4.42 Å². The van der Waals surface area contributed by atoms with Crippen molar-refractivity contribution >= 4 is 35.0 Å². The van der Waals surface area contributed by atoms with E-state index in [1.54, 1.807) is 48.5 Å². The molecular formula is C19H14N4O4. The van der Waals surface area contributed by atoms with Crippen molar-refractivity contribution in [2.45, 2.75) is 0 Å². The van der Waals surface area contributed by atoms with Gasteiger partial charge in [-0.3, -0.25) is 4.79 Å². The van der Waals surface area contributed by atoms with E-state index >= 15 is 0 Å². The lowest BCUT2D eigenvalue weighted by Crippen LogP contribution is -2.10. The Balaban J connectivity index is 1.63. The van der Waals surface area contributed by atoms with Gasteiger partial charge in [-0.05, 0) is 42.5 Å². The normalized spacial score (nSPS) is 10.8. The number of anilines is 1. The van der Waals surface area contributed by atoms with Crippen molar-refractivity contribution in [2.24, 2.45) is 0 Å². The van der Waals surface area contributed by atoms with Gasteiger partial charge < -0.3 is 20.1 Å². The Kier molecular flexibility index (Phi) is 3.85. The van der Waals surface area contributed by atoms with Crippen molar-refractivity contribution in [1.82, 2.24) is 9.71 Å². The molecule has 1 amide bonds. The summed E-state index contributed by atoms with van der Waals surface area (Å²) in [6.45, 7) is 3.29. The van der Waals surface area contributed by atoms with Crippen molar-refractivity contribution in [3.63, 3.8) is 0 Å².